The molecule has 0 aromatic carbocycles. The second-order valence-corrected chi connectivity index (χ2v) is 13.9. The lowest BCUT2D eigenvalue weighted by atomic mass is 9.96. The number of aromatic nitrogens is 4. The second-order valence-electron chi connectivity index (χ2n) is 11.3. The lowest BCUT2D eigenvalue weighted by Gasteiger charge is -2.28. The van der Waals surface area contributed by atoms with Crippen molar-refractivity contribution in [2.45, 2.75) is 77.7 Å². The fourth-order valence-electron chi connectivity index (χ4n) is 3.96. The predicted molar refractivity (Wildman–Crippen MR) is 151 cm³/mol. The van der Waals surface area contributed by atoms with E-state index in [0.717, 1.165) is 0 Å². The van der Waals surface area contributed by atoms with Crippen LogP contribution in [0, 0.1) is 5.41 Å². The van der Waals surface area contributed by atoms with E-state index in [4.69, 9.17) is 24.5 Å². The number of carboxylic acids is 1. The number of hydrogen-bond acceptors (Lipinski definition) is 13. The number of aliphatic hydroxyl groups excluding tert-OH is 1. The summed E-state index contributed by atoms with van der Waals surface area (Å²) in [4.78, 5) is 36.5. The average molecular weight is 682 g/mol. The number of esters is 1. The minimum absolute atomic E-state index is 0.0656. The van der Waals surface area contributed by atoms with Crippen LogP contribution in [-0.2, 0) is 28.2 Å². The van der Waals surface area contributed by atoms with Gasteiger partial charge in [0.1, 0.15) is 29.9 Å². The zero-order valence-corrected chi connectivity index (χ0v) is 26.7. The topological polar surface area (TPSA) is 242 Å². The first-order valence-electron chi connectivity index (χ1n) is 12.8. The summed E-state index contributed by atoms with van der Waals surface area (Å²) in [6.45, 7) is 8.97. The number of carbonyl (C=O) groups is 2. The SMILES string of the molecule is COc1nc(N)nc2c1nc(Br)n2[C@@H]1O[C@H](COP(=O)(N[C@@H](C)C(=O)O)N[C@@H](C)C(=O)OCC(C)(C)C)[C@@H](O)[C@@]1(C)O. The molecule has 1 aliphatic heterocycles. The first kappa shape index (κ1) is 34.1. The molecule has 236 valence electrons. The number of hydrogen-bond donors (Lipinski definition) is 6. The summed E-state index contributed by atoms with van der Waals surface area (Å²) in [6, 6.07) is -2.54. The zero-order chi connectivity index (χ0) is 31.8. The van der Waals surface area contributed by atoms with Crippen molar-refractivity contribution < 1.29 is 48.2 Å². The Hall–Kier alpha value is -2.44. The number of anilines is 1. The molecular formula is C23H37BrN7O10P. The second kappa shape index (κ2) is 12.7. The Bertz CT molecular complexity index is 1370. The number of nitrogens with two attached hydrogens (primary N) is 1. The minimum Gasteiger partial charge on any atom is -0.480 e. The van der Waals surface area contributed by atoms with Gasteiger partial charge in [-0.25, -0.2) is 15.2 Å². The molecule has 0 amide bonds. The summed E-state index contributed by atoms with van der Waals surface area (Å²) < 4.78 is 37.2. The van der Waals surface area contributed by atoms with Gasteiger partial charge in [0, 0.05) is 0 Å². The van der Waals surface area contributed by atoms with E-state index in [-0.39, 0.29) is 39.7 Å². The van der Waals surface area contributed by atoms with Gasteiger partial charge in [-0.3, -0.25) is 18.7 Å². The summed E-state index contributed by atoms with van der Waals surface area (Å²) >= 11 is 3.30. The average Bonchev–Trinajstić information content (AvgIpc) is 3.31. The summed E-state index contributed by atoms with van der Waals surface area (Å²) in [7, 11) is -2.94. The van der Waals surface area contributed by atoms with Crippen molar-refractivity contribution >= 4 is 52.7 Å². The molecule has 1 aliphatic rings. The highest BCUT2D eigenvalue weighted by Gasteiger charge is 2.54. The van der Waals surface area contributed by atoms with Gasteiger partial charge in [-0.05, 0) is 42.1 Å². The Morgan fingerprint density at radius 3 is 2.43 bits per heavy atom. The van der Waals surface area contributed by atoms with E-state index < -0.39 is 62.3 Å². The Morgan fingerprint density at radius 2 is 1.86 bits per heavy atom. The smallest absolute Gasteiger partial charge is 0.342 e. The monoisotopic (exact) mass is 681 g/mol. The molecule has 2 aromatic heterocycles. The number of aliphatic hydroxyl groups is 2. The number of halogens is 1. The molecular weight excluding hydrogens is 645 g/mol. The molecule has 42 heavy (non-hydrogen) atoms. The molecule has 0 bridgehead atoms. The summed E-state index contributed by atoms with van der Waals surface area (Å²) in [5.41, 5.74) is 3.82. The third-order valence-electron chi connectivity index (χ3n) is 6.18. The van der Waals surface area contributed by atoms with Crippen molar-refractivity contribution in [2.75, 3.05) is 26.1 Å². The fraction of sp³-hybridized carbons (Fsp3) is 0.696. The number of nitrogens with zero attached hydrogens (tertiary/aromatic N) is 4. The molecule has 7 N–H and O–H groups in total. The maximum atomic E-state index is 13.7. The molecule has 3 rings (SSSR count). The van der Waals surface area contributed by atoms with E-state index in [0.29, 0.717) is 0 Å². The summed E-state index contributed by atoms with van der Waals surface area (Å²) in [5.74, 6) is -2.16. The molecule has 1 saturated heterocycles. The Morgan fingerprint density at radius 1 is 1.24 bits per heavy atom. The molecule has 17 nitrogen and oxygen atoms in total. The van der Waals surface area contributed by atoms with Crippen molar-refractivity contribution in [3.63, 3.8) is 0 Å². The Kier molecular flexibility index (Phi) is 10.3. The van der Waals surface area contributed by atoms with Crippen molar-refractivity contribution in [2.24, 2.45) is 5.41 Å². The number of nitrogen functional groups attached to an aromatic ring is 1. The molecule has 2 aromatic rings. The van der Waals surface area contributed by atoms with Crippen LogP contribution in [0.25, 0.3) is 11.2 Å². The molecule has 0 spiro atoms. The number of ether oxygens (including phenoxy) is 3. The van der Waals surface area contributed by atoms with Crippen LogP contribution in [0.15, 0.2) is 4.73 Å². The summed E-state index contributed by atoms with van der Waals surface area (Å²) in [6.07, 6.45) is -4.22. The van der Waals surface area contributed by atoms with Crippen molar-refractivity contribution in [1.82, 2.24) is 29.7 Å². The van der Waals surface area contributed by atoms with Gasteiger partial charge in [0.15, 0.2) is 22.1 Å². The van der Waals surface area contributed by atoms with Crippen LogP contribution in [0.1, 0.15) is 47.8 Å². The van der Waals surface area contributed by atoms with Gasteiger partial charge in [-0.1, -0.05) is 20.8 Å². The van der Waals surface area contributed by atoms with Crippen LogP contribution in [0.2, 0.25) is 0 Å². The number of carbonyl (C=O) groups excluding carboxylic acids is 1. The summed E-state index contributed by atoms with van der Waals surface area (Å²) in [5, 5.41) is 36.5. The van der Waals surface area contributed by atoms with Gasteiger partial charge in [0.25, 0.3) is 0 Å². The van der Waals surface area contributed by atoms with E-state index in [1.54, 1.807) is 0 Å². The largest absolute Gasteiger partial charge is 0.480 e. The lowest BCUT2D eigenvalue weighted by Crippen LogP contribution is -2.45. The number of nitrogens with one attached hydrogen (secondary N) is 2. The van der Waals surface area contributed by atoms with Crippen LogP contribution < -0.4 is 20.6 Å². The van der Waals surface area contributed by atoms with Crippen molar-refractivity contribution in [1.29, 1.82) is 0 Å². The molecule has 0 radical (unpaired) electrons. The number of rotatable bonds is 12. The Balaban J connectivity index is 1.85. The standard InChI is InChI=1S/C23H37BrN7O10P/c1-10(17(33)34)29-42(37,30-11(2)18(35)39-9-22(3,4)5)40-8-12-14(32)23(6,36)19(41-12)31-15-13(26-20(31)24)16(38-7)28-21(25)27-15/h10-12,14,19,32,36H,8-9H2,1-7H3,(H,33,34)(H2,25,27,28)(H2,29,30,37)/t10-,11-,12+,14+,19+,23+,42?/m0/s1. The molecule has 1 unspecified atom stereocenters. The molecule has 3 heterocycles. The van der Waals surface area contributed by atoms with Crippen LogP contribution in [0.3, 0.4) is 0 Å². The molecule has 0 aliphatic carbocycles. The van der Waals surface area contributed by atoms with Crippen LogP contribution in [0.4, 0.5) is 5.95 Å². The number of carboxylic acid groups (broad SMARTS) is 1. The van der Waals surface area contributed by atoms with E-state index in [1.807, 2.05) is 20.8 Å². The predicted octanol–water partition coefficient (Wildman–Crippen LogP) is 0.944. The third kappa shape index (κ3) is 7.55. The van der Waals surface area contributed by atoms with Gasteiger partial charge < -0.3 is 39.8 Å². The minimum atomic E-state index is -4.31. The van der Waals surface area contributed by atoms with Crippen LogP contribution in [0.5, 0.6) is 5.88 Å². The van der Waals surface area contributed by atoms with E-state index in [1.165, 1.54) is 32.4 Å². The highest BCUT2D eigenvalue weighted by atomic mass is 79.9. The van der Waals surface area contributed by atoms with E-state index in [2.05, 4.69) is 41.1 Å². The van der Waals surface area contributed by atoms with Crippen molar-refractivity contribution in [3.8, 4) is 5.88 Å². The maximum Gasteiger partial charge on any atom is 0.342 e. The highest BCUT2D eigenvalue weighted by molar-refractivity contribution is 9.10. The Labute approximate surface area is 250 Å². The van der Waals surface area contributed by atoms with Gasteiger partial charge in [-0.15, -0.1) is 0 Å². The van der Waals surface area contributed by atoms with E-state index >= 15 is 0 Å². The fourth-order valence-corrected chi connectivity index (χ4v) is 6.31. The van der Waals surface area contributed by atoms with Gasteiger partial charge in [0.2, 0.25) is 11.8 Å². The lowest BCUT2D eigenvalue weighted by molar-refractivity contribution is -0.148. The number of methoxy groups -OCH3 is 1. The number of fused-ring (bicyclic) bond motifs is 1. The first-order valence-corrected chi connectivity index (χ1v) is 15.2. The molecule has 1 fully saturated rings. The normalized spacial score (nSPS) is 25.6. The third-order valence-corrected chi connectivity index (χ3v) is 8.71. The number of aliphatic carboxylic acids is 1. The van der Waals surface area contributed by atoms with Gasteiger partial charge in [-0.2, -0.15) is 9.97 Å². The molecule has 0 saturated carbocycles. The molecule has 19 heteroatoms. The quantitative estimate of drug-likeness (QED) is 0.104. The van der Waals surface area contributed by atoms with Gasteiger partial charge >= 0.3 is 19.6 Å². The number of imidazole rings is 1. The van der Waals surface area contributed by atoms with Gasteiger partial charge in [0.05, 0.1) is 20.3 Å². The van der Waals surface area contributed by atoms with Crippen LogP contribution in [-0.4, -0.2) is 97.0 Å². The van der Waals surface area contributed by atoms with Crippen molar-refractivity contribution in [3.05, 3.63) is 4.73 Å². The van der Waals surface area contributed by atoms with Crippen LogP contribution >= 0.6 is 23.6 Å². The van der Waals surface area contributed by atoms with E-state index in [9.17, 15) is 29.5 Å². The zero-order valence-electron chi connectivity index (χ0n) is 24.2. The highest BCUT2D eigenvalue weighted by Crippen LogP contribution is 2.45. The first-order chi connectivity index (χ1) is 19.3. The molecule has 7 atom stereocenters. The maximum absolute atomic E-state index is 13.7.